The summed E-state index contributed by atoms with van der Waals surface area (Å²) in [5.41, 5.74) is 0. The topological polar surface area (TPSA) is 90.2 Å². The summed E-state index contributed by atoms with van der Waals surface area (Å²) in [5.74, 6) is 0. The summed E-state index contributed by atoms with van der Waals surface area (Å²) < 4.78 is 4.78. The van der Waals surface area contributed by atoms with Crippen molar-refractivity contribution in [2.45, 2.75) is 18.3 Å². The number of aliphatic hydroxyl groups excluding tert-OH is 4. The lowest BCUT2D eigenvalue weighted by Gasteiger charge is -2.18. The molecule has 3 atom stereocenters. The zero-order valence-electron chi connectivity index (χ0n) is 5.84. The Morgan fingerprint density at radius 1 is 1.64 bits per heavy atom. The monoisotopic (exact) mass is 163 g/mol. The fourth-order valence-corrected chi connectivity index (χ4v) is 0.973. The third-order valence-electron chi connectivity index (χ3n) is 1.64. The number of hydrogen-bond acceptors (Lipinski definition) is 5. The minimum atomic E-state index is -1.18. The van der Waals surface area contributed by atoms with Crippen molar-refractivity contribution >= 4 is 0 Å². The second kappa shape index (κ2) is 3.46. The van der Waals surface area contributed by atoms with E-state index in [1.54, 1.807) is 0 Å². The van der Waals surface area contributed by atoms with Crippen LogP contribution in [0.2, 0.25) is 0 Å². The van der Waals surface area contributed by atoms with Gasteiger partial charge >= 0.3 is 0 Å². The minimum absolute atomic E-state index is 0.0805. The van der Waals surface area contributed by atoms with Crippen LogP contribution >= 0.6 is 0 Å². The van der Waals surface area contributed by atoms with Crippen LogP contribution < -0.4 is 0 Å². The van der Waals surface area contributed by atoms with Gasteiger partial charge in [0, 0.05) is 0 Å². The van der Waals surface area contributed by atoms with E-state index < -0.39 is 24.9 Å². The Labute approximate surface area is 63.8 Å². The maximum Gasteiger partial charge on any atom is 0.150 e. The van der Waals surface area contributed by atoms with Gasteiger partial charge in [0.2, 0.25) is 0 Å². The summed E-state index contributed by atoms with van der Waals surface area (Å²) in [5, 5.41) is 35.4. The molecule has 0 aliphatic carbocycles. The van der Waals surface area contributed by atoms with Crippen LogP contribution in [0.1, 0.15) is 0 Å². The van der Waals surface area contributed by atoms with Crippen molar-refractivity contribution in [3.05, 3.63) is 6.10 Å². The second-order valence-corrected chi connectivity index (χ2v) is 2.46. The zero-order chi connectivity index (χ0) is 8.43. The Morgan fingerprint density at radius 2 is 2.27 bits per heavy atom. The first-order valence-corrected chi connectivity index (χ1v) is 3.30. The molecule has 1 fully saturated rings. The zero-order valence-corrected chi connectivity index (χ0v) is 5.84. The molecule has 5 heteroatoms. The maximum absolute atomic E-state index is 9.08. The van der Waals surface area contributed by atoms with E-state index in [-0.39, 0.29) is 12.7 Å². The number of hydrogen-bond donors (Lipinski definition) is 4. The van der Waals surface area contributed by atoms with Gasteiger partial charge in [0.05, 0.1) is 13.2 Å². The third kappa shape index (κ3) is 1.69. The SMILES string of the molecule is OC[C@@H](O)[C@H]1OC[C](O)[C@H]1O. The molecule has 0 bridgehead atoms. The van der Waals surface area contributed by atoms with Crippen molar-refractivity contribution in [2.24, 2.45) is 0 Å². The van der Waals surface area contributed by atoms with Gasteiger partial charge in [-0.3, -0.25) is 0 Å². The molecular formula is C6H11O5. The van der Waals surface area contributed by atoms with E-state index in [0.717, 1.165) is 0 Å². The summed E-state index contributed by atoms with van der Waals surface area (Å²) in [6, 6.07) is 0. The van der Waals surface area contributed by atoms with Crippen molar-refractivity contribution in [3.63, 3.8) is 0 Å². The van der Waals surface area contributed by atoms with E-state index in [4.69, 9.17) is 25.2 Å². The van der Waals surface area contributed by atoms with Crippen LogP contribution in [0.4, 0.5) is 0 Å². The van der Waals surface area contributed by atoms with Gasteiger partial charge in [-0.25, -0.2) is 0 Å². The van der Waals surface area contributed by atoms with Crippen LogP contribution in [0.25, 0.3) is 0 Å². The molecule has 0 aromatic heterocycles. The average Bonchev–Trinajstić information content (AvgIpc) is 2.32. The van der Waals surface area contributed by atoms with Crippen LogP contribution in [0.3, 0.4) is 0 Å². The lowest BCUT2D eigenvalue weighted by Crippen LogP contribution is -2.38. The molecule has 65 valence electrons. The molecule has 0 saturated carbocycles. The highest BCUT2D eigenvalue weighted by atomic mass is 16.5. The van der Waals surface area contributed by atoms with Gasteiger partial charge in [-0.2, -0.15) is 0 Å². The summed E-state index contributed by atoms with van der Waals surface area (Å²) in [6.07, 6.45) is -3.44. The first-order valence-electron chi connectivity index (χ1n) is 3.30. The lowest BCUT2D eigenvalue weighted by molar-refractivity contribution is -0.0654. The van der Waals surface area contributed by atoms with E-state index in [1.165, 1.54) is 0 Å². The quantitative estimate of drug-likeness (QED) is 0.378. The lowest BCUT2D eigenvalue weighted by atomic mass is 10.1. The number of aliphatic hydroxyl groups is 4. The molecule has 1 aliphatic heterocycles. The summed E-state index contributed by atoms with van der Waals surface area (Å²) in [6.45, 7) is -0.572. The van der Waals surface area contributed by atoms with E-state index in [2.05, 4.69) is 0 Å². The Kier molecular flexibility index (Phi) is 2.80. The number of rotatable bonds is 2. The standard InChI is InChI=1S/C6H11O5/c7-1-3(8)6-5(10)4(9)2-11-6/h3,5-10H,1-2H2/t3-,5-,6-/m1/s1. The molecule has 1 radical (unpaired) electrons. The van der Waals surface area contributed by atoms with E-state index in [9.17, 15) is 0 Å². The van der Waals surface area contributed by atoms with Crippen LogP contribution in [0.15, 0.2) is 0 Å². The van der Waals surface area contributed by atoms with Crippen LogP contribution in [-0.2, 0) is 4.74 Å². The highest BCUT2D eigenvalue weighted by molar-refractivity contribution is 4.99. The van der Waals surface area contributed by atoms with Gasteiger partial charge in [-0.05, 0) is 0 Å². The van der Waals surface area contributed by atoms with Crippen molar-refractivity contribution in [1.29, 1.82) is 0 Å². The van der Waals surface area contributed by atoms with Crippen LogP contribution in [0, 0.1) is 6.10 Å². The molecule has 4 N–H and O–H groups in total. The number of ether oxygens (including phenoxy) is 1. The first-order chi connectivity index (χ1) is 5.16. The molecule has 0 unspecified atom stereocenters. The minimum Gasteiger partial charge on any atom is -0.394 e. The molecule has 0 spiro atoms. The summed E-state index contributed by atoms with van der Waals surface area (Å²) >= 11 is 0. The van der Waals surface area contributed by atoms with Gasteiger partial charge in [-0.1, -0.05) is 0 Å². The molecule has 1 heterocycles. The molecule has 11 heavy (non-hydrogen) atoms. The normalized spacial score (nSPS) is 36.0. The highest BCUT2D eigenvalue weighted by Gasteiger charge is 2.39. The van der Waals surface area contributed by atoms with Gasteiger partial charge < -0.3 is 25.2 Å². The smallest absolute Gasteiger partial charge is 0.150 e. The predicted octanol–water partition coefficient (Wildman–Crippen LogP) is -2.00. The van der Waals surface area contributed by atoms with Crippen molar-refractivity contribution in [1.82, 2.24) is 0 Å². The Hall–Kier alpha value is -0.200. The van der Waals surface area contributed by atoms with Crippen molar-refractivity contribution in [2.75, 3.05) is 13.2 Å². The van der Waals surface area contributed by atoms with E-state index in [1.807, 2.05) is 0 Å². The van der Waals surface area contributed by atoms with Gasteiger partial charge in [0.25, 0.3) is 0 Å². The molecule has 1 aliphatic rings. The molecule has 0 aromatic carbocycles. The fraction of sp³-hybridized carbons (Fsp3) is 0.833. The molecule has 5 nitrogen and oxygen atoms in total. The molecule has 1 saturated heterocycles. The van der Waals surface area contributed by atoms with Gasteiger partial charge in [-0.15, -0.1) is 0 Å². The largest absolute Gasteiger partial charge is 0.394 e. The molecule has 1 rings (SSSR count). The summed E-state index contributed by atoms with van der Waals surface area (Å²) in [7, 11) is 0. The fourth-order valence-electron chi connectivity index (χ4n) is 0.973. The van der Waals surface area contributed by atoms with Crippen molar-refractivity contribution in [3.8, 4) is 0 Å². The van der Waals surface area contributed by atoms with Crippen LogP contribution in [0.5, 0.6) is 0 Å². The van der Waals surface area contributed by atoms with E-state index >= 15 is 0 Å². The predicted molar refractivity (Wildman–Crippen MR) is 34.0 cm³/mol. The third-order valence-corrected chi connectivity index (χ3v) is 1.64. The van der Waals surface area contributed by atoms with Crippen LogP contribution in [-0.4, -0.2) is 52.0 Å². The Bertz CT molecular complexity index is 128. The van der Waals surface area contributed by atoms with Gasteiger partial charge in [0.1, 0.15) is 24.4 Å². The maximum atomic E-state index is 9.08. The highest BCUT2D eigenvalue weighted by Crippen LogP contribution is 2.21. The van der Waals surface area contributed by atoms with Crippen molar-refractivity contribution < 1.29 is 25.2 Å². The van der Waals surface area contributed by atoms with Gasteiger partial charge in [0.15, 0.2) is 0 Å². The Balaban J connectivity index is 2.47. The second-order valence-electron chi connectivity index (χ2n) is 2.46. The first kappa shape index (κ1) is 8.89. The molecular weight excluding hydrogens is 152 g/mol. The molecule has 0 amide bonds. The average molecular weight is 163 g/mol. The Morgan fingerprint density at radius 3 is 2.64 bits per heavy atom. The summed E-state index contributed by atoms with van der Waals surface area (Å²) in [4.78, 5) is 0. The molecule has 0 aromatic rings. The van der Waals surface area contributed by atoms with E-state index in [0.29, 0.717) is 0 Å².